The Morgan fingerprint density at radius 3 is 2.78 bits per heavy atom. The highest BCUT2D eigenvalue weighted by Crippen LogP contribution is 2.36. The molecule has 146 valence electrons. The Labute approximate surface area is 158 Å². The summed E-state index contributed by atoms with van der Waals surface area (Å²) in [6.45, 7) is 7.28. The first-order chi connectivity index (χ1) is 12.7. The van der Waals surface area contributed by atoms with Gasteiger partial charge in [0.2, 0.25) is 0 Å². The Kier molecular flexibility index (Phi) is 5.39. The maximum absolute atomic E-state index is 14.5. The van der Waals surface area contributed by atoms with Gasteiger partial charge in [-0.15, -0.1) is 0 Å². The molecule has 1 heterocycles. The number of amides is 1. The molecule has 27 heavy (non-hydrogen) atoms. The Hall–Kier alpha value is -2.57. The largest absolute Gasteiger partial charge is 0.489 e. The third-order valence-corrected chi connectivity index (χ3v) is 4.28. The Bertz CT molecular complexity index is 799. The highest BCUT2D eigenvalue weighted by Gasteiger charge is 2.30. The van der Waals surface area contributed by atoms with Crippen molar-refractivity contribution in [3.05, 3.63) is 35.8 Å². The lowest BCUT2D eigenvalue weighted by Crippen LogP contribution is -2.38. The summed E-state index contributed by atoms with van der Waals surface area (Å²) in [5.41, 5.74) is 0.484. The summed E-state index contributed by atoms with van der Waals surface area (Å²) < 4.78 is 31.0. The van der Waals surface area contributed by atoms with Crippen molar-refractivity contribution in [2.45, 2.75) is 64.7 Å². The smallest absolute Gasteiger partial charge is 0.407 e. The molecule has 3 rings (SSSR count). The number of aryl methyl sites for hydroxylation is 1. The van der Waals surface area contributed by atoms with Gasteiger partial charge in [-0.05, 0) is 58.2 Å². The topological polar surface area (TPSA) is 73.6 Å². The van der Waals surface area contributed by atoms with Crippen LogP contribution in [0.1, 0.15) is 45.6 Å². The van der Waals surface area contributed by atoms with Crippen molar-refractivity contribution < 1.29 is 23.2 Å². The van der Waals surface area contributed by atoms with E-state index < -0.39 is 17.5 Å². The quantitative estimate of drug-likeness (QED) is 0.843. The van der Waals surface area contributed by atoms with Gasteiger partial charge in [-0.3, -0.25) is 0 Å². The van der Waals surface area contributed by atoms with Gasteiger partial charge in [0, 0.05) is 18.5 Å². The fraction of sp³-hybridized carbons (Fsp3) is 0.500. The first-order valence-corrected chi connectivity index (χ1v) is 9.08. The van der Waals surface area contributed by atoms with Crippen LogP contribution in [0.15, 0.2) is 28.9 Å². The molecule has 0 bridgehead atoms. The summed E-state index contributed by atoms with van der Waals surface area (Å²) in [5, 5.41) is 6.52. The second-order valence-electron chi connectivity index (χ2n) is 7.89. The highest BCUT2D eigenvalue weighted by atomic mass is 19.1. The number of rotatable bonds is 4. The van der Waals surface area contributed by atoms with Crippen molar-refractivity contribution in [1.82, 2.24) is 10.5 Å². The summed E-state index contributed by atoms with van der Waals surface area (Å²) in [4.78, 5) is 11.9. The molecule has 0 unspecified atom stereocenters. The predicted molar refractivity (Wildman–Crippen MR) is 98.1 cm³/mol. The van der Waals surface area contributed by atoms with Crippen LogP contribution in [0.4, 0.5) is 9.18 Å². The number of carbonyl (C=O) groups excluding carboxylic acids is 1. The van der Waals surface area contributed by atoms with Crippen LogP contribution in [-0.2, 0) is 4.74 Å². The molecular weight excluding hydrogens is 351 g/mol. The summed E-state index contributed by atoms with van der Waals surface area (Å²) >= 11 is 0. The van der Waals surface area contributed by atoms with E-state index in [4.69, 9.17) is 14.0 Å². The number of hydrogen-bond donors (Lipinski definition) is 1. The van der Waals surface area contributed by atoms with Gasteiger partial charge in [0.1, 0.15) is 23.3 Å². The zero-order valence-corrected chi connectivity index (χ0v) is 16.0. The number of halogens is 1. The van der Waals surface area contributed by atoms with Crippen LogP contribution >= 0.6 is 0 Å². The maximum Gasteiger partial charge on any atom is 0.407 e. The third kappa shape index (κ3) is 4.99. The molecule has 1 amide bonds. The number of ether oxygens (including phenoxy) is 2. The average molecular weight is 376 g/mol. The van der Waals surface area contributed by atoms with E-state index in [0.29, 0.717) is 17.9 Å². The summed E-state index contributed by atoms with van der Waals surface area (Å²) in [6.07, 6.45) is 3.06. The first kappa shape index (κ1) is 19.2. The van der Waals surface area contributed by atoms with Crippen LogP contribution in [0, 0.1) is 12.7 Å². The van der Waals surface area contributed by atoms with E-state index in [9.17, 15) is 9.18 Å². The summed E-state index contributed by atoms with van der Waals surface area (Å²) in [6, 6.07) is 4.79. The molecule has 0 saturated heterocycles. The van der Waals surface area contributed by atoms with Gasteiger partial charge in [0.05, 0.1) is 11.8 Å². The fourth-order valence-corrected chi connectivity index (χ4v) is 3.22. The van der Waals surface area contributed by atoms with Crippen LogP contribution in [0.25, 0.3) is 11.3 Å². The average Bonchev–Trinajstić information content (AvgIpc) is 3.17. The number of hydrogen-bond acceptors (Lipinski definition) is 5. The molecule has 1 fully saturated rings. The van der Waals surface area contributed by atoms with Gasteiger partial charge in [0.25, 0.3) is 0 Å². The molecule has 0 radical (unpaired) electrons. The van der Waals surface area contributed by atoms with Crippen molar-refractivity contribution in [3.8, 4) is 17.1 Å². The SMILES string of the molecule is Cc1cc(F)c(-c2ccno2)c(O[C@@H]2CC[C@@H](NC(=O)OC(C)(C)C)C2)c1. The molecule has 2 atom stereocenters. The molecule has 1 aromatic heterocycles. The van der Waals surface area contributed by atoms with Gasteiger partial charge in [-0.25, -0.2) is 9.18 Å². The van der Waals surface area contributed by atoms with Gasteiger partial charge in [-0.1, -0.05) is 5.16 Å². The van der Waals surface area contributed by atoms with Gasteiger partial charge >= 0.3 is 6.09 Å². The molecule has 7 heteroatoms. The second kappa shape index (κ2) is 7.58. The van der Waals surface area contributed by atoms with Crippen LogP contribution < -0.4 is 10.1 Å². The predicted octanol–water partition coefficient (Wildman–Crippen LogP) is 4.61. The molecule has 0 spiro atoms. The molecule has 1 aliphatic rings. The van der Waals surface area contributed by atoms with E-state index in [1.54, 1.807) is 12.1 Å². The van der Waals surface area contributed by atoms with Gasteiger partial charge in [0.15, 0.2) is 5.76 Å². The Morgan fingerprint density at radius 2 is 2.11 bits per heavy atom. The van der Waals surface area contributed by atoms with Gasteiger partial charge in [-0.2, -0.15) is 0 Å². The van der Waals surface area contributed by atoms with Crippen LogP contribution in [-0.4, -0.2) is 29.0 Å². The molecule has 6 nitrogen and oxygen atoms in total. The lowest BCUT2D eigenvalue weighted by atomic mass is 10.1. The van der Waals surface area contributed by atoms with Crippen molar-refractivity contribution in [2.75, 3.05) is 0 Å². The summed E-state index contributed by atoms with van der Waals surface area (Å²) in [5.74, 6) is 0.333. The van der Waals surface area contributed by atoms with E-state index >= 15 is 0 Å². The summed E-state index contributed by atoms with van der Waals surface area (Å²) in [7, 11) is 0. The normalized spacial score (nSPS) is 19.7. The van der Waals surface area contributed by atoms with Crippen LogP contribution in [0.3, 0.4) is 0 Å². The first-order valence-electron chi connectivity index (χ1n) is 9.08. The van der Waals surface area contributed by atoms with E-state index in [0.717, 1.165) is 18.4 Å². The number of carbonyl (C=O) groups is 1. The minimum absolute atomic E-state index is 0.0340. The van der Waals surface area contributed by atoms with Crippen molar-refractivity contribution in [1.29, 1.82) is 0 Å². The van der Waals surface area contributed by atoms with E-state index in [2.05, 4.69) is 10.5 Å². The third-order valence-electron chi connectivity index (χ3n) is 4.28. The number of nitrogens with zero attached hydrogens (tertiary/aromatic N) is 1. The van der Waals surface area contributed by atoms with Crippen molar-refractivity contribution in [2.24, 2.45) is 0 Å². The number of nitrogens with one attached hydrogen (secondary N) is 1. The van der Waals surface area contributed by atoms with Crippen LogP contribution in [0.5, 0.6) is 5.75 Å². The Balaban J connectivity index is 1.68. The van der Waals surface area contributed by atoms with Gasteiger partial charge < -0.3 is 19.3 Å². The Morgan fingerprint density at radius 1 is 1.33 bits per heavy atom. The molecular formula is C20H25FN2O4. The lowest BCUT2D eigenvalue weighted by Gasteiger charge is -2.22. The standard InChI is InChI=1S/C20H25FN2O4/c1-12-9-15(21)18(16-7-8-22-27-16)17(10-12)25-14-6-5-13(11-14)23-19(24)26-20(2,3)4/h7-10,13-14H,5-6,11H2,1-4H3,(H,23,24)/t13-,14-/m1/s1. The van der Waals surface area contributed by atoms with Crippen LogP contribution in [0.2, 0.25) is 0 Å². The van der Waals surface area contributed by atoms with E-state index in [-0.39, 0.29) is 17.7 Å². The number of benzene rings is 1. The zero-order valence-electron chi connectivity index (χ0n) is 16.0. The molecule has 1 aliphatic carbocycles. The lowest BCUT2D eigenvalue weighted by molar-refractivity contribution is 0.0503. The number of alkyl carbamates (subject to hydrolysis) is 1. The molecule has 0 aliphatic heterocycles. The molecule has 1 N–H and O–H groups in total. The van der Waals surface area contributed by atoms with E-state index in [1.165, 1.54) is 12.3 Å². The number of aromatic nitrogens is 1. The fourth-order valence-electron chi connectivity index (χ4n) is 3.22. The second-order valence-corrected chi connectivity index (χ2v) is 7.89. The monoisotopic (exact) mass is 376 g/mol. The molecule has 2 aromatic rings. The van der Waals surface area contributed by atoms with Crippen molar-refractivity contribution >= 4 is 6.09 Å². The highest BCUT2D eigenvalue weighted by molar-refractivity contribution is 5.68. The minimum Gasteiger partial charge on any atom is -0.489 e. The zero-order chi connectivity index (χ0) is 19.6. The van der Waals surface area contributed by atoms with E-state index in [1.807, 2.05) is 27.7 Å². The molecule has 1 aromatic carbocycles. The van der Waals surface area contributed by atoms with Crippen molar-refractivity contribution in [3.63, 3.8) is 0 Å². The maximum atomic E-state index is 14.5. The molecule has 1 saturated carbocycles. The minimum atomic E-state index is -0.538.